The lowest BCUT2D eigenvalue weighted by Crippen LogP contribution is -2.42. The highest BCUT2D eigenvalue weighted by molar-refractivity contribution is 7.09. The normalized spacial score (nSPS) is 14.7. The second kappa shape index (κ2) is 6.12. The fourth-order valence-corrected chi connectivity index (χ4v) is 2.55. The molecule has 1 rings (SSSR count). The average molecular weight is 256 g/mol. The first-order valence-corrected chi connectivity index (χ1v) is 6.59. The molecule has 0 spiro atoms. The van der Waals surface area contributed by atoms with E-state index in [1.165, 1.54) is 12.0 Å². The molecule has 0 aromatic carbocycles. The summed E-state index contributed by atoms with van der Waals surface area (Å²) in [6.45, 7) is 8.02. The van der Waals surface area contributed by atoms with E-state index in [1.807, 2.05) is 33.2 Å². The van der Waals surface area contributed by atoms with E-state index < -0.39 is 0 Å². The van der Waals surface area contributed by atoms with Gasteiger partial charge in [-0.05, 0) is 19.8 Å². The van der Waals surface area contributed by atoms with Gasteiger partial charge in [-0.25, -0.2) is 4.98 Å². The van der Waals surface area contributed by atoms with E-state index in [9.17, 15) is 4.79 Å². The summed E-state index contributed by atoms with van der Waals surface area (Å²) in [7, 11) is 1.42. The van der Waals surface area contributed by atoms with Gasteiger partial charge in [0.15, 0.2) is 0 Å². The first-order valence-electron chi connectivity index (χ1n) is 5.71. The Hall–Kier alpha value is -0.940. The van der Waals surface area contributed by atoms with Gasteiger partial charge in [0, 0.05) is 10.9 Å². The van der Waals surface area contributed by atoms with Crippen molar-refractivity contribution in [3.8, 4) is 0 Å². The fourth-order valence-electron chi connectivity index (χ4n) is 1.73. The van der Waals surface area contributed by atoms with Crippen molar-refractivity contribution in [2.24, 2.45) is 5.92 Å². The van der Waals surface area contributed by atoms with Crippen molar-refractivity contribution < 1.29 is 9.53 Å². The maximum Gasteiger partial charge on any atom is 0.323 e. The van der Waals surface area contributed by atoms with Gasteiger partial charge in [-0.15, -0.1) is 11.3 Å². The van der Waals surface area contributed by atoms with Crippen molar-refractivity contribution in [1.29, 1.82) is 0 Å². The summed E-state index contributed by atoms with van der Waals surface area (Å²) in [5.74, 6) is -0.0212. The van der Waals surface area contributed by atoms with Gasteiger partial charge in [-0.3, -0.25) is 10.1 Å². The van der Waals surface area contributed by atoms with E-state index in [-0.39, 0.29) is 24.0 Å². The lowest BCUT2D eigenvalue weighted by molar-refractivity contribution is -0.144. The average Bonchev–Trinajstić information content (AvgIpc) is 2.70. The zero-order valence-corrected chi connectivity index (χ0v) is 11.8. The molecule has 2 atom stereocenters. The van der Waals surface area contributed by atoms with Gasteiger partial charge in [0.2, 0.25) is 0 Å². The molecule has 1 heterocycles. The van der Waals surface area contributed by atoms with E-state index in [1.54, 1.807) is 11.3 Å². The van der Waals surface area contributed by atoms with Crippen LogP contribution in [0.2, 0.25) is 0 Å². The predicted molar refractivity (Wildman–Crippen MR) is 69.0 cm³/mol. The molecule has 4 nitrogen and oxygen atoms in total. The SMILES string of the molecule is COC(=O)[C@@H](NC(C)c1scnc1C)C(C)C. The second-order valence-electron chi connectivity index (χ2n) is 4.44. The molecule has 0 saturated heterocycles. The van der Waals surface area contributed by atoms with Crippen LogP contribution in [0.3, 0.4) is 0 Å². The number of methoxy groups -OCH3 is 1. The van der Waals surface area contributed by atoms with Gasteiger partial charge in [0.25, 0.3) is 0 Å². The van der Waals surface area contributed by atoms with Crippen molar-refractivity contribution in [1.82, 2.24) is 10.3 Å². The monoisotopic (exact) mass is 256 g/mol. The number of esters is 1. The zero-order chi connectivity index (χ0) is 13.0. The number of carbonyl (C=O) groups excluding carboxylic acids is 1. The van der Waals surface area contributed by atoms with Gasteiger partial charge in [-0.1, -0.05) is 13.8 Å². The van der Waals surface area contributed by atoms with Crippen LogP contribution in [0.5, 0.6) is 0 Å². The molecule has 0 aliphatic carbocycles. The third kappa shape index (κ3) is 3.51. The quantitative estimate of drug-likeness (QED) is 0.821. The molecule has 17 heavy (non-hydrogen) atoms. The zero-order valence-electron chi connectivity index (χ0n) is 11.0. The van der Waals surface area contributed by atoms with E-state index in [2.05, 4.69) is 10.3 Å². The Morgan fingerprint density at radius 2 is 2.12 bits per heavy atom. The van der Waals surface area contributed by atoms with Gasteiger partial charge >= 0.3 is 5.97 Å². The highest BCUT2D eigenvalue weighted by Crippen LogP contribution is 2.22. The number of aryl methyl sites for hydroxylation is 1. The summed E-state index contributed by atoms with van der Waals surface area (Å²) >= 11 is 1.60. The van der Waals surface area contributed by atoms with E-state index in [0.717, 1.165) is 5.69 Å². The van der Waals surface area contributed by atoms with Crippen LogP contribution in [0.15, 0.2) is 5.51 Å². The molecule has 1 N–H and O–H groups in total. The van der Waals surface area contributed by atoms with Crippen molar-refractivity contribution in [3.05, 3.63) is 16.1 Å². The summed E-state index contributed by atoms with van der Waals surface area (Å²) in [6.07, 6.45) is 0. The third-order valence-electron chi connectivity index (χ3n) is 2.73. The summed E-state index contributed by atoms with van der Waals surface area (Å²) in [6, 6.07) is -0.175. The van der Waals surface area contributed by atoms with Gasteiger partial charge in [0.05, 0.1) is 18.3 Å². The Kier molecular flexibility index (Phi) is 5.08. The van der Waals surface area contributed by atoms with Crippen molar-refractivity contribution in [2.75, 3.05) is 7.11 Å². The van der Waals surface area contributed by atoms with E-state index in [4.69, 9.17) is 4.74 Å². The Morgan fingerprint density at radius 1 is 1.47 bits per heavy atom. The van der Waals surface area contributed by atoms with Crippen LogP contribution in [0.25, 0.3) is 0 Å². The summed E-state index contributed by atoms with van der Waals surface area (Å²) < 4.78 is 4.81. The predicted octanol–water partition coefficient (Wildman–Crippen LogP) is 2.30. The molecule has 0 radical (unpaired) electrons. The molecule has 1 unspecified atom stereocenters. The molecule has 0 bridgehead atoms. The maximum absolute atomic E-state index is 11.6. The first-order chi connectivity index (χ1) is 7.97. The lowest BCUT2D eigenvalue weighted by atomic mass is 10.0. The number of ether oxygens (including phenoxy) is 1. The number of rotatable bonds is 5. The molecule has 0 fully saturated rings. The number of nitrogens with one attached hydrogen (secondary N) is 1. The van der Waals surface area contributed by atoms with Crippen LogP contribution < -0.4 is 5.32 Å². The minimum absolute atomic E-state index is 0.106. The van der Waals surface area contributed by atoms with Crippen LogP contribution in [0.1, 0.15) is 37.4 Å². The van der Waals surface area contributed by atoms with Crippen LogP contribution in [0.4, 0.5) is 0 Å². The molecule has 5 heteroatoms. The number of thiazole rings is 1. The fraction of sp³-hybridized carbons (Fsp3) is 0.667. The third-order valence-corrected chi connectivity index (χ3v) is 3.84. The van der Waals surface area contributed by atoms with Gasteiger partial charge < -0.3 is 4.74 Å². The Balaban J connectivity index is 2.74. The molecule has 0 saturated carbocycles. The summed E-state index contributed by atoms with van der Waals surface area (Å²) in [5, 5.41) is 3.31. The highest BCUT2D eigenvalue weighted by atomic mass is 32.1. The number of hydrogen-bond donors (Lipinski definition) is 1. The second-order valence-corrected chi connectivity index (χ2v) is 5.32. The minimum Gasteiger partial charge on any atom is -0.468 e. The number of hydrogen-bond acceptors (Lipinski definition) is 5. The number of aromatic nitrogens is 1. The Labute approximate surface area is 106 Å². The highest BCUT2D eigenvalue weighted by Gasteiger charge is 2.25. The minimum atomic E-state index is -0.281. The molecule has 1 aromatic rings. The van der Waals surface area contributed by atoms with Crippen LogP contribution in [-0.2, 0) is 9.53 Å². The number of nitrogens with zero attached hydrogens (tertiary/aromatic N) is 1. The Bertz CT molecular complexity index is 376. The molecule has 96 valence electrons. The standard InChI is InChI=1S/C12H20N2O2S/c1-7(2)10(12(15)16-5)14-9(4)11-8(3)13-6-17-11/h6-7,9-10,14H,1-5H3/t9?,10-/m0/s1. The molecular formula is C12H20N2O2S. The van der Waals surface area contributed by atoms with Gasteiger partial charge in [0.1, 0.15) is 6.04 Å². The first kappa shape index (κ1) is 14.1. The smallest absolute Gasteiger partial charge is 0.323 e. The summed E-state index contributed by atoms with van der Waals surface area (Å²) in [4.78, 5) is 17.0. The maximum atomic E-state index is 11.6. The van der Waals surface area contributed by atoms with Crippen molar-refractivity contribution in [2.45, 2.75) is 39.8 Å². The molecule has 0 amide bonds. The molecular weight excluding hydrogens is 236 g/mol. The van der Waals surface area contributed by atoms with Crippen molar-refractivity contribution in [3.63, 3.8) is 0 Å². The van der Waals surface area contributed by atoms with E-state index in [0.29, 0.717) is 0 Å². The van der Waals surface area contributed by atoms with Crippen LogP contribution in [0, 0.1) is 12.8 Å². The topological polar surface area (TPSA) is 51.2 Å². The molecule has 0 aliphatic heterocycles. The Morgan fingerprint density at radius 3 is 2.53 bits per heavy atom. The van der Waals surface area contributed by atoms with Crippen LogP contribution in [-0.4, -0.2) is 24.1 Å². The van der Waals surface area contributed by atoms with Crippen LogP contribution >= 0.6 is 11.3 Å². The van der Waals surface area contributed by atoms with Gasteiger partial charge in [-0.2, -0.15) is 0 Å². The largest absolute Gasteiger partial charge is 0.468 e. The molecule has 0 aliphatic rings. The number of carbonyl (C=O) groups is 1. The lowest BCUT2D eigenvalue weighted by Gasteiger charge is -2.23. The molecule has 1 aromatic heterocycles. The van der Waals surface area contributed by atoms with E-state index >= 15 is 0 Å². The van der Waals surface area contributed by atoms with Crippen molar-refractivity contribution >= 4 is 17.3 Å². The summed E-state index contributed by atoms with van der Waals surface area (Å²) in [5.41, 5.74) is 2.84.